The predicted octanol–water partition coefficient (Wildman–Crippen LogP) is 4.19. The zero-order chi connectivity index (χ0) is 23.0. The first kappa shape index (κ1) is 21.4. The Morgan fingerprint density at radius 1 is 1.12 bits per heavy atom. The van der Waals surface area contributed by atoms with Gasteiger partial charge in [0.2, 0.25) is 0 Å². The lowest BCUT2D eigenvalue weighted by molar-refractivity contribution is 0.103. The van der Waals surface area contributed by atoms with Crippen LogP contribution < -0.4 is 9.46 Å². The molecule has 0 atom stereocenters. The summed E-state index contributed by atoms with van der Waals surface area (Å²) in [7, 11) is -2.75. The molecular formula is C22H17F2N3O4S. The molecular weight excluding hydrogens is 440 g/mol. The first-order chi connectivity index (χ1) is 15.2. The molecule has 10 heteroatoms. The van der Waals surface area contributed by atoms with Crippen molar-refractivity contribution in [1.29, 1.82) is 0 Å². The van der Waals surface area contributed by atoms with Gasteiger partial charge in [0.15, 0.2) is 11.6 Å². The summed E-state index contributed by atoms with van der Waals surface area (Å²) in [4.78, 5) is 20.0. The minimum absolute atomic E-state index is 0.159. The number of ether oxygens (including phenoxy) is 1. The van der Waals surface area contributed by atoms with Crippen LogP contribution in [0, 0.1) is 18.6 Å². The molecule has 7 nitrogen and oxygen atoms in total. The summed E-state index contributed by atoms with van der Waals surface area (Å²) in [5.74, 6) is -1.86. The zero-order valence-electron chi connectivity index (χ0n) is 16.9. The van der Waals surface area contributed by atoms with Crippen molar-refractivity contribution in [3.05, 3.63) is 83.2 Å². The molecule has 164 valence electrons. The van der Waals surface area contributed by atoms with Gasteiger partial charge in [-0.15, -0.1) is 0 Å². The summed E-state index contributed by atoms with van der Waals surface area (Å²) >= 11 is 0. The largest absolute Gasteiger partial charge is 0.495 e. The zero-order valence-corrected chi connectivity index (χ0v) is 17.8. The number of fused-ring (bicyclic) bond motifs is 1. The van der Waals surface area contributed by atoms with Crippen molar-refractivity contribution in [3.63, 3.8) is 0 Å². The van der Waals surface area contributed by atoms with Crippen molar-refractivity contribution >= 4 is 32.5 Å². The highest BCUT2D eigenvalue weighted by Crippen LogP contribution is 2.29. The molecule has 2 aromatic carbocycles. The first-order valence-corrected chi connectivity index (χ1v) is 10.8. The van der Waals surface area contributed by atoms with Crippen LogP contribution in [0.25, 0.3) is 11.0 Å². The van der Waals surface area contributed by atoms with Crippen molar-refractivity contribution < 1.29 is 26.7 Å². The summed E-state index contributed by atoms with van der Waals surface area (Å²) in [5.41, 5.74) is 0.210. The van der Waals surface area contributed by atoms with E-state index in [-0.39, 0.29) is 16.0 Å². The van der Waals surface area contributed by atoms with Gasteiger partial charge in [0.1, 0.15) is 17.2 Å². The summed E-state index contributed by atoms with van der Waals surface area (Å²) in [6.07, 6.45) is 2.89. The van der Waals surface area contributed by atoms with E-state index < -0.39 is 33.1 Å². The van der Waals surface area contributed by atoms with Crippen LogP contribution in [0.15, 0.2) is 59.8 Å². The maximum atomic E-state index is 15.4. The highest BCUT2D eigenvalue weighted by atomic mass is 32.2. The van der Waals surface area contributed by atoms with E-state index in [1.807, 2.05) is 0 Å². The number of ketones is 1. The Kier molecular flexibility index (Phi) is 5.39. The SMILES string of the molecule is COc1cnc2[nH]cc(C(=O)c3c(C)ccc(NS(=O)(=O)c4ccc(F)cc4)c3F)c2c1. The van der Waals surface area contributed by atoms with E-state index in [2.05, 4.69) is 14.7 Å². The van der Waals surface area contributed by atoms with Crippen molar-refractivity contribution in [2.75, 3.05) is 11.8 Å². The number of sulfonamides is 1. The monoisotopic (exact) mass is 457 g/mol. The Balaban J connectivity index is 1.76. The number of rotatable bonds is 6. The fourth-order valence-electron chi connectivity index (χ4n) is 3.27. The fraction of sp³-hybridized carbons (Fsp3) is 0.0909. The van der Waals surface area contributed by atoms with Crippen LogP contribution in [0.2, 0.25) is 0 Å². The number of benzene rings is 2. The molecule has 0 amide bonds. The first-order valence-electron chi connectivity index (χ1n) is 9.34. The highest BCUT2D eigenvalue weighted by Gasteiger charge is 2.25. The van der Waals surface area contributed by atoms with Gasteiger partial charge < -0.3 is 9.72 Å². The molecule has 0 aliphatic rings. The Hall–Kier alpha value is -3.79. The van der Waals surface area contributed by atoms with E-state index in [9.17, 15) is 17.6 Å². The smallest absolute Gasteiger partial charge is 0.261 e. The number of aromatic amines is 1. The van der Waals surface area contributed by atoms with Gasteiger partial charge in [0, 0.05) is 17.1 Å². The minimum atomic E-state index is -4.21. The number of H-pyrrole nitrogens is 1. The summed E-state index contributed by atoms with van der Waals surface area (Å²) in [6.45, 7) is 1.54. The second kappa shape index (κ2) is 8.04. The molecule has 2 heterocycles. The van der Waals surface area contributed by atoms with Gasteiger partial charge in [-0.25, -0.2) is 22.2 Å². The summed E-state index contributed by atoms with van der Waals surface area (Å²) in [5, 5.41) is 0.436. The van der Waals surface area contributed by atoms with Crippen LogP contribution in [0.5, 0.6) is 5.75 Å². The molecule has 4 rings (SSSR count). The molecule has 0 aliphatic carbocycles. The molecule has 0 unspecified atom stereocenters. The third-order valence-electron chi connectivity index (χ3n) is 4.93. The van der Waals surface area contributed by atoms with Gasteiger partial charge in [-0.05, 0) is 48.9 Å². The topological polar surface area (TPSA) is 101 Å². The minimum Gasteiger partial charge on any atom is -0.495 e. The van der Waals surface area contributed by atoms with Crippen LogP contribution in [-0.2, 0) is 10.0 Å². The van der Waals surface area contributed by atoms with E-state index in [0.29, 0.717) is 22.3 Å². The second-order valence-electron chi connectivity index (χ2n) is 6.98. The van der Waals surface area contributed by atoms with Gasteiger partial charge in [-0.3, -0.25) is 9.52 Å². The van der Waals surface area contributed by atoms with Crippen molar-refractivity contribution in [2.45, 2.75) is 11.8 Å². The number of pyridine rings is 1. The molecule has 0 saturated carbocycles. The number of halogens is 2. The molecule has 0 radical (unpaired) electrons. The van der Waals surface area contributed by atoms with Gasteiger partial charge in [0.05, 0.1) is 29.5 Å². The number of nitrogens with zero attached hydrogens (tertiary/aromatic N) is 1. The molecule has 0 fully saturated rings. The number of aryl methyl sites for hydroxylation is 1. The van der Waals surface area contributed by atoms with Crippen LogP contribution >= 0.6 is 0 Å². The van der Waals surface area contributed by atoms with Gasteiger partial charge in [-0.2, -0.15) is 0 Å². The lowest BCUT2D eigenvalue weighted by Gasteiger charge is -2.13. The molecule has 0 saturated heterocycles. The Labute approximate surface area is 182 Å². The fourth-order valence-corrected chi connectivity index (χ4v) is 4.33. The van der Waals surface area contributed by atoms with E-state index in [4.69, 9.17) is 4.74 Å². The number of aromatic nitrogens is 2. The average Bonchev–Trinajstić information content (AvgIpc) is 3.19. The number of nitrogens with one attached hydrogen (secondary N) is 2. The van der Waals surface area contributed by atoms with Crippen molar-refractivity contribution in [1.82, 2.24) is 9.97 Å². The number of methoxy groups -OCH3 is 1. The quantitative estimate of drug-likeness (QED) is 0.423. The Morgan fingerprint density at radius 2 is 1.84 bits per heavy atom. The predicted molar refractivity (Wildman–Crippen MR) is 114 cm³/mol. The Morgan fingerprint density at radius 3 is 2.53 bits per heavy atom. The number of hydrogen-bond donors (Lipinski definition) is 2. The number of carbonyl (C=O) groups excluding carboxylic acids is 1. The molecule has 0 aliphatic heterocycles. The third-order valence-corrected chi connectivity index (χ3v) is 6.31. The van der Waals surface area contributed by atoms with Gasteiger partial charge in [-0.1, -0.05) is 6.07 Å². The maximum absolute atomic E-state index is 15.4. The number of anilines is 1. The van der Waals surface area contributed by atoms with E-state index in [1.54, 1.807) is 13.0 Å². The van der Waals surface area contributed by atoms with Crippen LogP contribution in [-0.4, -0.2) is 31.3 Å². The number of carbonyl (C=O) groups is 1. The average molecular weight is 457 g/mol. The lowest BCUT2D eigenvalue weighted by atomic mass is 9.98. The summed E-state index contributed by atoms with van der Waals surface area (Å²) < 4.78 is 60.9. The molecule has 4 aromatic rings. The standard InChI is InChI=1S/C22H17F2N3O4S/c1-12-3-8-18(27-32(29,30)15-6-4-13(23)5-7-15)20(24)19(12)21(28)17-11-26-22-16(17)9-14(31-2)10-25-22/h3-11,27H,1-2H3,(H,25,26). The van der Waals surface area contributed by atoms with Crippen LogP contribution in [0.1, 0.15) is 21.5 Å². The van der Waals surface area contributed by atoms with Crippen LogP contribution in [0.3, 0.4) is 0 Å². The normalized spacial score (nSPS) is 11.5. The van der Waals surface area contributed by atoms with E-state index in [0.717, 1.165) is 24.3 Å². The Bertz CT molecular complexity index is 1450. The highest BCUT2D eigenvalue weighted by molar-refractivity contribution is 7.92. The van der Waals surface area contributed by atoms with Gasteiger partial charge >= 0.3 is 0 Å². The molecule has 0 bridgehead atoms. The number of hydrogen-bond acceptors (Lipinski definition) is 5. The molecule has 0 spiro atoms. The van der Waals surface area contributed by atoms with Crippen molar-refractivity contribution in [2.24, 2.45) is 0 Å². The van der Waals surface area contributed by atoms with Crippen molar-refractivity contribution in [3.8, 4) is 5.75 Å². The molecule has 32 heavy (non-hydrogen) atoms. The van der Waals surface area contributed by atoms with Gasteiger partial charge in [0.25, 0.3) is 10.0 Å². The lowest BCUT2D eigenvalue weighted by Crippen LogP contribution is -2.16. The van der Waals surface area contributed by atoms with Crippen LogP contribution in [0.4, 0.5) is 14.5 Å². The maximum Gasteiger partial charge on any atom is 0.261 e. The third kappa shape index (κ3) is 3.80. The molecule has 2 aromatic heterocycles. The van der Waals surface area contributed by atoms with E-state index >= 15 is 4.39 Å². The second-order valence-corrected chi connectivity index (χ2v) is 8.66. The summed E-state index contributed by atoms with van der Waals surface area (Å²) in [6, 6.07) is 8.34. The van der Waals surface area contributed by atoms with E-state index in [1.165, 1.54) is 31.6 Å². The molecule has 2 N–H and O–H groups in total.